The van der Waals surface area contributed by atoms with Crippen LogP contribution in [0.25, 0.3) is 6.08 Å². The molecule has 0 radical (unpaired) electrons. The third-order valence-electron chi connectivity index (χ3n) is 1.88. The van der Waals surface area contributed by atoms with Gasteiger partial charge >= 0.3 is 0 Å². The smallest absolute Gasteiger partial charge is 0.246 e. The predicted molar refractivity (Wildman–Crippen MR) is 56.7 cm³/mol. The highest BCUT2D eigenvalue weighted by Crippen LogP contribution is 2.18. The summed E-state index contributed by atoms with van der Waals surface area (Å²) >= 11 is 5.66. The molecule has 1 aromatic rings. The summed E-state index contributed by atoms with van der Waals surface area (Å²) in [4.78, 5) is 9.99. The molecule has 0 atom stereocenters. The molecule has 0 saturated carbocycles. The topological polar surface area (TPSA) is 43.1 Å². The van der Waals surface area contributed by atoms with Crippen molar-refractivity contribution in [3.8, 4) is 0 Å². The van der Waals surface area contributed by atoms with Crippen LogP contribution >= 0.6 is 11.6 Å². The lowest BCUT2D eigenvalue weighted by atomic mass is 10.1. The average molecular weight is 230 g/mol. The molecule has 1 aromatic carbocycles. The van der Waals surface area contributed by atoms with E-state index in [1.165, 1.54) is 24.3 Å². The molecule has 3 nitrogen and oxygen atoms in total. The molecule has 0 N–H and O–H groups in total. The molecule has 15 heavy (non-hydrogen) atoms. The van der Waals surface area contributed by atoms with Crippen molar-refractivity contribution in [2.75, 3.05) is 0 Å². The third kappa shape index (κ3) is 3.02. The molecule has 0 unspecified atom stereocenters. The van der Waals surface area contributed by atoms with Gasteiger partial charge in [-0.1, -0.05) is 18.5 Å². The van der Waals surface area contributed by atoms with Crippen molar-refractivity contribution < 1.29 is 9.31 Å². The lowest BCUT2D eigenvalue weighted by Gasteiger charge is -1.98. The van der Waals surface area contributed by atoms with Gasteiger partial charge in [-0.05, 0) is 18.2 Å². The Morgan fingerprint density at radius 2 is 2.33 bits per heavy atom. The second-order valence-electron chi connectivity index (χ2n) is 2.91. The quantitative estimate of drug-likeness (QED) is 0.588. The van der Waals surface area contributed by atoms with Gasteiger partial charge in [0.05, 0.1) is 4.92 Å². The zero-order valence-electron chi connectivity index (χ0n) is 8.04. The van der Waals surface area contributed by atoms with Crippen molar-refractivity contribution in [2.45, 2.75) is 13.3 Å². The molecule has 0 saturated heterocycles. The molecular formula is C10H9ClFNO2. The number of hydrogen-bond acceptors (Lipinski definition) is 2. The van der Waals surface area contributed by atoms with E-state index in [-0.39, 0.29) is 17.7 Å². The second kappa shape index (κ2) is 4.89. The zero-order valence-corrected chi connectivity index (χ0v) is 8.79. The van der Waals surface area contributed by atoms with E-state index in [1.807, 2.05) is 0 Å². The summed E-state index contributed by atoms with van der Waals surface area (Å²) in [5, 5.41) is 10.9. The predicted octanol–water partition coefficient (Wildman–Crippen LogP) is 3.51. The van der Waals surface area contributed by atoms with Crippen LogP contribution in [0.1, 0.15) is 18.9 Å². The van der Waals surface area contributed by atoms with E-state index in [0.717, 1.165) is 0 Å². The molecule has 0 aliphatic heterocycles. The summed E-state index contributed by atoms with van der Waals surface area (Å²) in [7, 11) is 0. The van der Waals surface area contributed by atoms with Crippen LogP contribution in [-0.4, -0.2) is 4.92 Å². The van der Waals surface area contributed by atoms with E-state index < -0.39 is 10.7 Å². The van der Waals surface area contributed by atoms with E-state index in [2.05, 4.69) is 0 Å². The summed E-state index contributed by atoms with van der Waals surface area (Å²) in [5.41, 5.74) is 0.0900. The SMILES string of the molecule is CC/C(=C/c1cc(Cl)ccc1F)[N+](=O)[O-]. The lowest BCUT2D eigenvalue weighted by molar-refractivity contribution is -0.425. The van der Waals surface area contributed by atoms with Crippen LogP contribution in [0.4, 0.5) is 4.39 Å². The fourth-order valence-electron chi connectivity index (χ4n) is 1.09. The normalized spacial score (nSPS) is 11.5. The molecule has 0 amide bonds. The molecule has 0 bridgehead atoms. The minimum absolute atomic E-state index is 0.0452. The Balaban J connectivity index is 3.16. The number of hydrogen-bond donors (Lipinski definition) is 0. The Bertz CT molecular complexity index is 418. The molecule has 0 fully saturated rings. The van der Waals surface area contributed by atoms with Crippen LogP contribution in [0.3, 0.4) is 0 Å². The Hall–Kier alpha value is -1.42. The van der Waals surface area contributed by atoms with Gasteiger partial charge in [0, 0.05) is 23.1 Å². The number of halogens is 2. The first-order valence-electron chi connectivity index (χ1n) is 4.34. The van der Waals surface area contributed by atoms with Crippen LogP contribution in [0.5, 0.6) is 0 Å². The molecule has 0 aliphatic carbocycles. The van der Waals surface area contributed by atoms with Crippen molar-refractivity contribution in [1.29, 1.82) is 0 Å². The first-order valence-corrected chi connectivity index (χ1v) is 4.72. The van der Waals surface area contributed by atoms with Gasteiger partial charge in [-0.15, -0.1) is 0 Å². The van der Waals surface area contributed by atoms with Gasteiger partial charge in [-0.25, -0.2) is 4.39 Å². The van der Waals surface area contributed by atoms with Gasteiger partial charge < -0.3 is 0 Å². The summed E-state index contributed by atoms with van der Waals surface area (Å²) in [5.74, 6) is -0.521. The summed E-state index contributed by atoms with van der Waals surface area (Å²) in [6, 6.07) is 3.93. The van der Waals surface area contributed by atoms with Crippen molar-refractivity contribution in [1.82, 2.24) is 0 Å². The zero-order chi connectivity index (χ0) is 11.4. The number of nitro groups is 1. The van der Waals surface area contributed by atoms with Crippen molar-refractivity contribution in [2.24, 2.45) is 0 Å². The fraction of sp³-hybridized carbons (Fsp3) is 0.200. The Morgan fingerprint density at radius 3 is 2.87 bits per heavy atom. The number of benzene rings is 1. The number of rotatable bonds is 3. The molecule has 80 valence electrons. The molecule has 0 heterocycles. The van der Waals surface area contributed by atoms with Gasteiger partial charge in [-0.3, -0.25) is 10.1 Å². The maximum Gasteiger partial charge on any atom is 0.246 e. The Kier molecular flexibility index (Phi) is 3.80. The fourth-order valence-corrected chi connectivity index (χ4v) is 1.27. The van der Waals surface area contributed by atoms with Gasteiger partial charge in [0.15, 0.2) is 0 Å². The Labute approximate surface area is 91.3 Å². The van der Waals surface area contributed by atoms with Crippen molar-refractivity contribution in [3.63, 3.8) is 0 Å². The van der Waals surface area contributed by atoms with Crippen LogP contribution < -0.4 is 0 Å². The van der Waals surface area contributed by atoms with Crippen LogP contribution in [0, 0.1) is 15.9 Å². The number of nitrogens with zero attached hydrogens (tertiary/aromatic N) is 1. The van der Waals surface area contributed by atoms with Crippen LogP contribution in [0.15, 0.2) is 23.9 Å². The van der Waals surface area contributed by atoms with E-state index in [9.17, 15) is 14.5 Å². The maximum atomic E-state index is 13.2. The highest BCUT2D eigenvalue weighted by atomic mass is 35.5. The first kappa shape index (κ1) is 11.7. The molecule has 0 spiro atoms. The standard InChI is InChI=1S/C10H9ClFNO2/c1-2-9(13(14)15)6-7-5-8(11)3-4-10(7)12/h3-6H,2H2,1H3/b9-6-. The molecule has 0 aliphatic rings. The van der Waals surface area contributed by atoms with Gasteiger partial charge in [-0.2, -0.15) is 0 Å². The van der Waals surface area contributed by atoms with E-state index in [0.29, 0.717) is 5.02 Å². The minimum atomic E-state index is -0.527. The molecular weight excluding hydrogens is 221 g/mol. The molecule has 1 rings (SSSR count). The lowest BCUT2D eigenvalue weighted by Crippen LogP contribution is -1.97. The van der Waals surface area contributed by atoms with Crippen LogP contribution in [-0.2, 0) is 0 Å². The Morgan fingerprint density at radius 1 is 1.67 bits per heavy atom. The van der Waals surface area contributed by atoms with Gasteiger partial charge in [0.1, 0.15) is 5.82 Å². The largest absolute Gasteiger partial charge is 0.259 e. The van der Waals surface area contributed by atoms with E-state index in [4.69, 9.17) is 11.6 Å². The second-order valence-corrected chi connectivity index (χ2v) is 3.35. The summed E-state index contributed by atoms with van der Waals surface area (Å²) in [6.45, 7) is 1.64. The van der Waals surface area contributed by atoms with Gasteiger partial charge in [0.2, 0.25) is 5.70 Å². The highest BCUT2D eigenvalue weighted by Gasteiger charge is 2.09. The molecule has 5 heteroatoms. The van der Waals surface area contributed by atoms with Crippen molar-refractivity contribution in [3.05, 3.63) is 50.4 Å². The van der Waals surface area contributed by atoms with E-state index >= 15 is 0 Å². The molecule has 0 aromatic heterocycles. The third-order valence-corrected chi connectivity index (χ3v) is 2.11. The van der Waals surface area contributed by atoms with Crippen molar-refractivity contribution >= 4 is 17.7 Å². The monoisotopic (exact) mass is 229 g/mol. The van der Waals surface area contributed by atoms with Gasteiger partial charge in [0.25, 0.3) is 0 Å². The summed E-state index contributed by atoms with van der Waals surface area (Å²) in [6.07, 6.45) is 1.43. The summed E-state index contributed by atoms with van der Waals surface area (Å²) < 4.78 is 13.2. The number of allylic oxidation sites excluding steroid dienone is 1. The average Bonchev–Trinajstić information content (AvgIpc) is 2.18. The maximum absolute atomic E-state index is 13.2. The minimum Gasteiger partial charge on any atom is -0.259 e. The van der Waals surface area contributed by atoms with E-state index in [1.54, 1.807) is 6.92 Å². The first-order chi connectivity index (χ1) is 7.04. The highest BCUT2D eigenvalue weighted by molar-refractivity contribution is 6.30. The van der Waals surface area contributed by atoms with Crippen LogP contribution in [0.2, 0.25) is 5.02 Å².